The third kappa shape index (κ3) is 8.34. The van der Waals surface area contributed by atoms with Crippen LogP contribution in [0.5, 0.6) is 5.75 Å². The number of carbonyl (C=O) groups is 2. The Morgan fingerprint density at radius 2 is 1.79 bits per heavy atom. The van der Waals surface area contributed by atoms with Gasteiger partial charge >= 0.3 is 6.61 Å². The van der Waals surface area contributed by atoms with Crippen molar-refractivity contribution in [1.29, 1.82) is 5.26 Å². The van der Waals surface area contributed by atoms with Gasteiger partial charge in [0.1, 0.15) is 11.8 Å². The number of nitriles is 1. The lowest BCUT2D eigenvalue weighted by Crippen LogP contribution is -2.49. The standard InChI is InChI=1S/C22H21F2N3O5S/c1-27(15-25)21(29)18(26-20(28)12-11-16-7-3-2-4-8-16)14-33(30,31)13-17-9-5-6-10-19(17)32-22(23)24/h2-12,18,22H,13-14H2,1H3,(H,26,28)/b12-11+/t18-/m0/s1. The van der Waals surface area contributed by atoms with E-state index in [0.717, 1.165) is 13.1 Å². The number of likely N-dealkylation sites (N-methyl/N-ethyl adjacent to an activating group) is 1. The molecule has 0 aliphatic rings. The Balaban J connectivity index is 2.20. The van der Waals surface area contributed by atoms with Crippen molar-refractivity contribution in [1.82, 2.24) is 10.2 Å². The zero-order valence-electron chi connectivity index (χ0n) is 17.5. The average Bonchev–Trinajstić information content (AvgIpc) is 2.77. The van der Waals surface area contributed by atoms with Crippen molar-refractivity contribution in [3.05, 3.63) is 71.8 Å². The molecule has 2 aromatic carbocycles. The molecule has 0 saturated carbocycles. The van der Waals surface area contributed by atoms with Crippen molar-refractivity contribution in [3.63, 3.8) is 0 Å². The number of halogens is 2. The summed E-state index contributed by atoms with van der Waals surface area (Å²) in [6, 6.07) is 12.6. The van der Waals surface area contributed by atoms with E-state index in [0.29, 0.717) is 10.5 Å². The molecule has 33 heavy (non-hydrogen) atoms. The topological polar surface area (TPSA) is 117 Å². The maximum Gasteiger partial charge on any atom is 0.387 e. The lowest BCUT2D eigenvalue weighted by molar-refractivity contribution is -0.131. The fourth-order valence-corrected chi connectivity index (χ4v) is 4.36. The molecule has 1 N–H and O–H groups in total. The van der Waals surface area contributed by atoms with Crippen molar-refractivity contribution >= 4 is 27.7 Å². The Bertz CT molecular complexity index is 1150. The molecule has 174 valence electrons. The highest BCUT2D eigenvalue weighted by Crippen LogP contribution is 2.23. The zero-order valence-corrected chi connectivity index (χ0v) is 18.3. The zero-order chi connectivity index (χ0) is 24.4. The summed E-state index contributed by atoms with van der Waals surface area (Å²) in [6.07, 6.45) is 4.15. The molecule has 0 fully saturated rings. The van der Waals surface area contributed by atoms with E-state index in [2.05, 4.69) is 10.1 Å². The minimum absolute atomic E-state index is 0.0343. The van der Waals surface area contributed by atoms with E-state index in [-0.39, 0.29) is 11.3 Å². The van der Waals surface area contributed by atoms with Gasteiger partial charge in [0.05, 0.1) is 11.5 Å². The van der Waals surface area contributed by atoms with E-state index in [4.69, 9.17) is 5.26 Å². The van der Waals surface area contributed by atoms with Gasteiger partial charge in [-0.25, -0.2) is 8.42 Å². The fourth-order valence-electron chi connectivity index (χ4n) is 2.80. The molecule has 8 nitrogen and oxygen atoms in total. The number of amides is 2. The molecule has 0 heterocycles. The Morgan fingerprint density at radius 1 is 1.15 bits per heavy atom. The SMILES string of the molecule is CN(C#N)C(=O)[C@H](CS(=O)(=O)Cc1ccccc1OC(F)F)NC(=O)/C=C/c1ccccc1. The van der Waals surface area contributed by atoms with Crippen LogP contribution in [0.3, 0.4) is 0 Å². The molecule has 0 unspecified atom stereocenters. The van der Waals surface area contributed by atoms with Crippen LogP contribution in [-0.4, -0.2) is 50.6 Å². The lowest BCUT2D eigenvalue weighted by Gasteiger charge is -2.20. The van der Waals surface area contributed by atoms with Crippen molar-refractivity contribution in [2.24, 2.45) is 0 Å². The summed E-state index contributed by atoms with van der Waals surface area (Å²) in [5.41, 5.74) is 0.667. The van der Waals surface area contributed by atoms with Gasteiger partial charge in [-0.1, -0.05) is 48.5 Å². The number of alkyl halides is 2. The van der Waals surface area contributed by atoms with Crippen molar-refractivity contribution in [2.75, 3.05) is 12.8 Å². The van der Waals surface area contributed by atoms with Gasteiger partial charge in [0.25, 0.3) is 5.91 Å². The second-order valence-corrected chi connectivity index (χ2v) is 8.95. The number of hydrogen-bond donors (Lipinski definition) is 1. The normalized spacial score (nSPS) is 12.2. The first-order valence-electron chi connectivity index (χ1n) is 9.55. The molecule has 2 amide bonds. The number of ether oxygens (including phenoxy) is 1. The Hall–Kier alpha value is -3.78. The number of benzene rings is 2. The van der Waals surface area contributed by atoms with Gasteiger partial charge < -0.3 is 10.1 Å². The van der Waals surface area contributed by atoms with Crippen LogP contribution in [-0.2, 0) is 25.2 Å². The minimum atomic E-state index is -4.11. The third-order valence-electron chi connectivity index (χ3n) is 4.31. The molecule has 0 aliphatic heterocycles. The van der Waals surface area contributed by atoms with Gasteiger partial charge in [-0.05, 0) is 17.7 Å². The van der Waals surface area contributed by atoms with Gasteiger partial charge in [-0.2, -0.15) is 14.0 Å². The highest BCUT2D eigenvalue weighted by Gasteiger charge is 2.30. The van der Waals surface area contributed by atoms with E-state index in [1.165, 1.54) is 30.3 Å². The average molecular weight is 477 g/mol. The van der Waals surface area contributed by atoms with Crippen LogP contribution in [0, 0.1) is 11.5 Å². The Kier molecular flexibility index (Phi) is 9.06. The van der Waals surface area contributed by atoms with Crippen molar-refractivity contribution in [3.8, 4) is 11.9 Å². The smallest absolute Gasteiger partial charge is 0.387 e. The summed E-state index contributed by atoms with van der Waals surface area (Å²) in [6.45, 7) is -3.15. The molecule has 0 aromatic heterocycles. The van der Waals surface area contributed by atoms with Crippen LogP contribution in [0.4, 0.5) is 8.78 Å². The number of nitrogens with one attached hydrogen (secondary N) is 1. The summed E-state index contributed by atoms with van der Waals surface area (Å²) < 4.78 is 55.1. The van der Waals surface area contributed by atoms with Crippen LogP contribution in [0.1, 0.15) is 11.1 Å². The minimum Gasteiger partial charge on any atom is -0.435 e. The van der Waals surface area contributed by atoms with Crippen LogP contribution >= 0.6 is 0 Å². The predicted octanol–water partition coefficient (Wildman–Crippen LogP) is 2.34. The number of carbonyl (C=O) groups excluding carboxylic acids is 2. The molecular formula is C22H21F2N3O5S. The number of hydrogen-bond acceptors (Lipinski definition) is 6. The first-order chi connectivity index (χ1) is 15.6. The molecule has 11 heteroatoms. The molecule has 0 bridgehead atoms. The van der Waals surface area contributed by atoms with Crippen LogP contribution in [0.2, 0.25) is 0 Å². The van der Waals surface area contributed by atoms with Crippen molar-refractivity contribution in [2.45, 2.75) is 18.4 Å². The number of sulfone groups is 1. The molecule has 2 rings (SSSR count). The summed E-state index contributed by atoms with van der Waals surface area (Å²) >= 11 is 0. The quantitative estimate of drug-likeness (QED) is 0.319. The summed E-state index contributed by atoms with van der Waals surface area (Å²) in [5, 5.41) is 11.3. The molecule has 0 spiro atoms. The summed E-state index contributed by atoms with van der Waals surface area (Å²) in [4.78, 5) is 25.4. The maximum absolute atomic E-state index is 12.8. The molecule has 2 aromatic rings. The van der Waals surface area contributed by atoms with Gasteiger partial charge in [-0.15, -0.1) is 0 Å². The van der Waals surface area contributed by atoms with Gasteiger partial charge in [0.15, 0.2) is 16.0 Å². The fraction of sp³-hybridized carbons (Fsp3) is 0.227. The third-order valence-corrected chi connectivity index (χ3v) is 5.90. The largest absolute Gasteiger partial charge is 0.435 e. The summed E-state index contributed by atoms with van der Waals surface area (Å²) in [5.74, 6) is -3.58. The lowest BCUT2D eigenvalue weighted by atomic mass is 10.2. The van der Waals surface area contributed by atoms with E-state index in [1.54, 1.807) is 36.5 Å². The Morgan fingerprint density at radius 3 is 2.42 bits per heavy atom. The van der Waals surface area contributed by atoms with Crippen LogP contribution in [0.15, 0.2) is 60.7 Å². The maximum atomic E-state index is 12.8. The highest BCUT2D eigenvalue weighted by molar-refractivity contribution is 7.90. The second-order valence-electron chi connectivity index (χ2n) is 6.84. The Labute approximate surface area is 190 Å². The van der Waals surface area contributed by atoms with Gasteiger partial charge in [0.2, 0.25) is 5.91 Å². The second kappa shape index (κ2) is 11.7. The molecule has 0 saturated heterocycles. The van der Waals surface area contributed by atoms with E-state index >= 15 is 0 Å². The highest BCUT2D eigenvalue weighted by atomic mass is 32.2. The molecule has 1 atom stereocenters. The summed E-state index contributed by atoms with van der Waals surface area (Å²) in [7, 11) is -2.99. The monoisotopic (exact) mass is 477 g/mol. The first kappa shape index (κ1) is 25.5. The van der Waals surface area contributed by atoms with Crippen molar-refractivity contribution < 1.29 is 31.5 Å². The molecule has 0 radical (unpaired) electrons. The molecular weight excluding hydrogens is 456 g/mol. The number of para-hydroxylation sites is 1. The first-order valence-corrected chi connectivity index (χ1v) is 11.4. The van der Waals surface area contributed by atoms with Gasteiger partial charge in [-0.3, -0.25) is 14.5 Å². The van der Waals surface area contributed by atoms with Gasteiger partial charge in [0, 0.05) is 18.7 Å². The van der Waals surface area contributed by atoms with Crippen LogP contribution in [0.25, 0.3) is 6.08 Å². The van der Waals surface area contributed by atoms with E-state index in [9.17, 15) is 26.8 Å². The van der Waals surface area contributed by atoms with E-state index in [1.807, 2.05) is 0 Å². The molecule has 0 aliphatic carbocycles. The number of rotatable bonds is 10. The van der Waals surface area contributed by atoms with E-state index < -0.39 is 45.8 Å². The predicted molar refractivity (Wildman–Crippen MR) is 116 cm³/mol. The van der Waals surface area contributed by atoms with Crippen LogP contribution < -0.4 is 10.1 Å². The number of nitrogens with zero attached hydrogens (tertiary/aromatic N) is 2.